The second-order valence-corrected chi connectivity index (χ2v) is 5.23. The molecule has 1 aromatic heterocycles. The zero-order valence-corrected chi connectivity index (χ0v) is 11.5. The minimum Gasteiger partial charge on any atom is -0.298 e. The zero-order chi connectivity index (χ0) is 13.1. The second-order valence-electron chi connectivity index (χ2n) is 5.23. The van der Waals surface area contributed by atoms with Crippen molar-refractivity contribution in [2.75, 3.05) is 13.1 Å². The van der Waals surface area contributed by atoms with Crippen LogP contribution < -0.4 is 0 Å². The largest absolute Gasteiger partial charge is 0.298 e. The molecule has 0 saturated carbocycles. The molecule has 1 heterocycles. The van der Waals surface area contributed by atoms with Gasteiger partial charge in [0, 0.05) is 25.0 Å². The van der Waals surface area contributed by atoms with Gasteiger partial charge in [-0.1, -0.05) is 31.2 Å². The molecule has 0 atom stereocenters. The topological polar surface area (TPSA) is 21.1 Å². The normalized spacial score (nSPS) is 15.1. The van der Waals surface area contributed by atoms with Gasteiger partial charge in [-0.15, -0.1) is 0 Å². The summed E-state index contributed by atoms with van der Waals surface area (Å²) in [6, 6.07) is 11.5. The van der Waals surface area contributed by atoms with Crippen molar-refractivity contribution in [2.45, 2.75) is 32.4 Å². The Labute approximate surface area is 114 Å². The molecule has 0 fully saturated rings. The highest BCUT2D eigenvalue weighted by molar-refractivity contribution is 5.33. The molecule has 0 unspecified atom stereocenters. The molecule has 100 valence electrons. The van der Waals surface area contributed by atoms with Crippen molar-refractivity contribution in [1.82, 2.24) is 14.7 Å². The number of hydrogen-bond donors (Lipinski definition) is 0. The first-order chi connectivity index (χ1) is 9.36. The number of likely N-dealkylation sites (N-methyl/N-ethyl adjacent to an activating group) is 1. The van der Waals surface area contributed by atoms with E-state index in [-0.39, 0.29) is 0 Å². The van der Waals surface area contributed by atoms with Gasteiger partial charge in [-0.05, 0) is 36.6 Å². The molecular weight excluding hydrogens is 234 g/mol. The van der Waals surface area contributed by atoms with E-state index in [9.17, 15) is 0 Å². The van der Waals surface area contributed by atoms with E-state index in [1.165, 1.54) is 24.0 Å². The Morgan fingerprint density at radius 2 is 1.95 bits per heavy atom. The third-order valence-electron chi connectivity index (χ3n) is 4.13. The molecule has 0 N–H and O–H groups in total. The maximum Gasteiger partial charge on any atom is 0.0536 e. The summed E-state index contributed by atoms with van der Waals surface area (Å²) in [6.07, 6.45) is 6.28. The molecule has 0 bridgehead atoms. The molecule has 3 rings (SSSR count). The number of fused-ring (bicyclic) bond motifs is 1. The second kappa shape index (κ2) is 5.57. The van der Waals surface area contributed by atoms with Gasteiger partial charge >= 0.3 is 0 Å². The molecule has 1 aliphatic rings. The molecule has 3 heteroatoms. The lowest BCUT2D eigenvalue weighted by atomic mass is 10.1. The van der Waals surface area contributed by atoms with E-state index in [0.29, 0.717) is 6.04 Å². The maximum absolute atomic E-state index is 4.28. The highest BCUT2D eigenvalue weighted by Gasteiger charge is 2.25. The van der Waals surface area contributed by atoms with Crippen LogP contribution in [0.3, 0.4) is 0 Å². The molecule has 0 radical (unpaired) electrons. The van der Waals surface area contributed by atoms with E-state index in [4.69, 9.17) is 0 Å². The van der Waals surface area contributed by atoms with Gasteiger partial charge in [0.1, 0.15) is 0 Å². The van der Waals surface area contributed by atoms with Crippen molar-refractivity contribution in [2.24, 2.45) is 0 Å². The van der Waals surface area contributed by atoms with E-state index in [0.717, 1.165) is 19.6 Å². The molecule has 0 saturated heterocycles. The number of benzene rings is 1. The Morgan fingerprint density at radius 3 is 2.53 bits per heavy atom. The van der Waals surface area contributed by atoms with Crippen LogP contribution in [0.15, 0.2) is 42.7 Å². The lowest BCUT2D eigenvalue weighted by Gasteiger charge is -2.27. The molecule has 0 amide bonds. The fourth-order valence-corrected chi connectivity index (χ4v) is 3.06. The predicted octanol–water partition coefficient (Wildman–Crippen LogP) is 2.37. The zero-order valence-electron chi connectivity index (χ0n) is 11.5. The van der Waals surface area contributed by atoms with Crippen molar-refractivity contribution in [3.8, 4) is 0 Å². The van der Waals surface area contributed by atoms with Crippen molar-refractivity contribution >= 4 is 0 Å². The summed E-state index contributed by atoms with van der Waals surface area (Å²) in [7, 11) is 0. The van der Waals surface area contributed by atoms with Crippen LogP contribution >= 0.6 is 0 Å². The van der Waals surface area contributed by atoms with Gasteiger partial charge in [0.2, 0.25) is 0 Å². The van der Waals surface area contributed by atoms with Gasteiger partial charge in [0.25, 0.3) is 0 Å². The van der Waals surface area contributed by atoms with Crippen LogP contribution in [-0.4, -0.2) is 33.8 Å². The maximum atomic E-state index is 4.28. The first-order valence-corrected chi connectivity index (χ1v) is 7.15. The summed E-state index contributed by atoms with van der Waals surface area (Å²) in [5, 5.41) is 4.28. The summed E-state index contributed by atoms with van der Waals surface area (Å²) in [5.74, 6) is 0. The monoisotopic (exact) mass is 255 g/mol. The molecule has 2 aromatic rings. The van der Waals surface area contributed by atoms with Crippen molar-refractivity contribution in [3.05, 3.63) is 53.9 Å². The van der Waals surface area contributed by atoms with Gasteiger partial charge in [-0.2, -0.15) is 5.10 Å². The van der Waals surface area contributed by atoms with Crippen molar-refractivity contribution < 1.29 is 0 Å². The minimum atomic E-state index is 0.665. The minimum absolute atomic E-state index is 0.665. The molecule has 3 nitrogen and oxygen atoms in total. The molecule has 1 aromatic carbocycles. The van der Waals surface area contributed by atoms with Crippen molar-refractivity contribution in [1.29, 1.82) is 0 Å². The number of hydrogen-bond acceptors (Lipinski definition) is 2. The third-order valence-corrected chi connectivity index (χ3v) is 4.13. The summed E-state index contributed by atoms with van der Waals surface area (Å²) in [4.78, 5) is 2.58. The van der Waals surface area contributed by atoms with Crippen LogP contribution in [0.2, 0.25) is 0 Å². The molecule has 0 spiro atoms. The van der Waals surface area contributed by atoms with Gasteiger partial charge in [-0.3, -0.25) is 9.58 Å². The quantitative estimate of drug-likeness (QED) is 0.818. The van der Waals surface area contributed by atoms with Crippen LogP contribution in [0, 0.1) is 0 Å². The first kappa shape index (κ1) is 12.4. The highest BCUT2D eigenvalue weighted by Crippen LogP contribution is 2.25. The highest BCUT2D eigenvalue weighted by atomic mass is 15.3. The fraction of sp³-hybridized carbons (Fsp3) is 0.438. The summed E-state index contributed by atoms with van der Waals surface area (Å²) < 4.78 is 2.02. The smallest absolute Gasteiger partial charge is 0.0536 e. The lowest BCUT2D eigenvalue weighted by Crippen LogP contribution is -2.38. The molecular formula is C16H21N3. The SMILES string of the molecule is CCN(CCn1cccn1)C1Cc2ccccc2C1. The first-order valence-electron chi connectivity index (χ1n) is 7.15. The van der Waals surface area contributed by atoms with Crippen LogP contribution in [0.1, 0.15) is 18.1 Å². The van der Waals surface area contributed by atoms with Gasteiger partial charge in [-0.25, -0.2) is 0 Å². The third kappa shape index (κ3) is 2.71. The van der Waals surface area contributed by atoms with Gasteiger partial charge in [0.05, 0.1) is 6.54 Å². The molecule has 1 aliphatic carbocycles. The van der Waals surface area contributed by atoms with Gasteiger partial charge < -0.3 is 0 Å². The Hall–Kier alpha value is -1.61. The van der Waals surface area contributed by atoms with Crippen LogP contribution in [0.5, 0.6) is 0 Å². The Morgan fingerprint density at radius 1 is 1.21 bits per heavy atom. The van der Waals surface area contributed by atoms with Crippen LogP contribution in [-0.2, 0) is 19.4 Å². The van der Waals surface area contributed by atoms with E-state index in [1.807, 2.05) is 23.1 Å². The van der Waals surface area contributed by atoms with E-state index >= 15 is 0 Å². The summed E-state index contributed by atoms with van der Waals surface area (Å²) in [5.41, 5.74) is 3.06. The van der Waals surface area contributed by atoms with Gasteiger partial charge in [0.15, 0.2) is 0 Å². The predicted molar refractivity (Wildman–Crippen MR) is 77.1 cm³/mol. The van der Waals surface area contributed by atoms with E-state index < -0.39 is 0 Å². The van der Waals surface area contributed by atoms with Crippen LogP contribution in [0.4, 0.5) is 0 Å². The lowest BCUT2D eigenvalue weighted by molar-refractivity contribution is 0.201. The summed E-state index contributed by atoms with van der Waals surface area (Å²) >= 11 is 0. The summed E-state index contributed by atoms with van der Waals surface area (Å²) in [6.45, 7) is 5.43. The Balaban J connectivity index is 1.61. The Bertz CT molecular complexity index is 494. The molecule has 19 heavy (non-hydrogen) atoms. The number of aromatic nitrogens is 2. The number of nitrogens with zero attached hydrogens (tertiary/aromatic N) is 3. The van der Waals surface area contributed by atoms with Crippen molar-refractivity contribution in [3.63, 3.8) is 0 Å². The Kier molecular flexibility index (Phi) is 3.65. The van der Waals surface area contributed by atoms with Crippen LogP contribution in [0.25, 0.3) is 0 Å². The average molecular weight is 255 g/mol. The standard InChI is InChI=1S/C16H21N3/c1-2-18(10-11-19-9-5-8-17-19)16-12-14-6-3-4-7-15(14)13-16/h3-9,16H,2,10-13H2,1H3. The fourth-order valence-electron chi connectivity index (χ4n) is 3.06. The number of rotatable bonds is 5. The average Bonchev–Trinajstić information content (AvgIpc) is 3.08. The molecule has 0 aliphatic heterocycles. The van der Waals surface area contributed by atoms with E-state index in [1.54, 1.807) is 0 Å². The van der Waals surface area contributed by atoms with E-state index in [2.05, 4.69) is 41.2 Å².